The van der Waals surface area contributed by atoms with E-state index in [1.165, 1.54) is 11.3 Å². The van der Waals surface area contributed by atoms with E-state index in [0.29, 0.717) is 9.96 Å². The Bertz CT molecular complexity index is 194. The summed E-state index contributed by atoms with van der Waals surface area (Å²) in [6.07, 6.45) is 0. The zero-order valence-corrected chi connectivity index (χ0v) is 7.28. The number of thiophene rings is 1. The Kier molecular flexibility index (Phi) is 2.36. The average molecular weight is 178 g/mol. The highest BCUT2D eigenvalue weighted by Crippen LogP contribution is 2.49. The Morgan fingerprint density at radius 3 is 2.70 bits per heavy atom. The van der Waals surface area contributed by atoms with E-state index in [0.717, 1.165) is 0 Å². The Balaban J connectivity index is 2.85. The maximum atomic E-state index is 9.33. The lowest BCUT2D eigenvalue weighted by molar-refractivity contribution is 0.491. The van der Waals surface area contributed by atoms with Gasteiger partial charge in [-0.15, -0.1) is 11.3 Å². The summed E-state index contributed by atoms with van der Waals surface area (Å²) in [5.74, 6) is 0.410. The molecule has 58 valence electrons. The van der Waals surface area contributed by atoms with Crippen LogP contribution in [0.3, 0.4) is 0 Å². The van der Waals surface area contributed by atoms with Crippen molar-refractivity contribution in [1.82, 2.24) is 0 Å². The average Bonchev–Trinajstić information content (AvgIpc) is 2.38. The molecule has 0 spiro atoms. The first kappa shape index (κ1) is 8.07. The molecule has 0 aromatic carbocycles. The predicted molar refractivity (Wildman–Crippen MR) is 46.0 cm³/mol. The normalized spacial score (nSPS) is 13.5. The van der Waals surface area contributed by atoms with Crippen LogP contribution in [0.4, 0.5) is 0 Å². The minimum Gasteiger partial charge on any atom is -0.294 e. The van der Waals surface area contributed by atoms with Gasteiger partial charge in [0.25, 0.3) is 0 Å². The summed E-state index contributed by atoms with van der Waals surface area (Å²) >= 11 is 1.39. The molecule has 0 aliphatic carbocycles. The number of hydrogen-bond donors (Lipinski definition) is 2. The Morgan fingerprint density at radius 1 is 1.60 bits per heavy atom. The first-order valence-electron chi connectivity index (χ1n) is 2.96. The van der Waals surface area contributed by atoms with Crippen molar-refractivity contribution in [3.8, 4) is 0 Å². The van der Waals surface area contributed by atoms with Gasteiger partial charge in [-0.2, -0.15) is 10.6 Å². The molecule has 1 aromatic rings. The summed E-state index contributed by atoms with van der Waals surface area (Å²) in [7, 11) is -2.44. The molecule has 0 radical (unpaired) electrons. The zero-order valence-electron chi connectivity index (χ0n) is 5.65. The molecule has 0 amide bonds. The third kappa shape index (κ3) is 1.52. The van der Waals surface area contributed by atoms with Crippen molar-refractivity contribution in [2.75, 3.05) is 5.75 Å². The molecule has 4 heteroatoms. The Labute approximate surface area is 65.9 Å². The van der Waals surface area contributed by atoms with Gasteiger partial charge in [-0.25, -0.2) is 0 Å². The maximum Gasteiger partial charge on any atom is 0.111 e. The van der Waals surface area contributed by atoms with Crippen molar-refractivity contribution < 1.29 is 9.11 Å². The minimum absolute atomic E-state index is 0.410. The summed E-state index contributed by atoms with van der Waals surface area (Å²) < 4.78 is 19.4. The van der Waals surface area contributed by atoms with Crippen LogP contribution in [0.1, 0.15) is 6.92 Å². The highest BCUT2D eigenvalue weighted by Gasteiger charge is 2.12. The summed E-state index contributed by atoms with van der Waals surface area (Å²) in [5.41, 5.74) is 0. The van der Waals surface area contributed by atoms with Gasteiger partial charge in [0.1, 0.15) is 4.21 Å². The smallest absolute Gasteiger partial charge is 0.111 e. The molecular weight excluding hydrogens is 168 g/mol. The molecule has 2 nitrogen and oxygen atoms in total. The van der Waals surface area contributed by atoms with Crippen LogP contribution in [-0.4, -0.2) is 14.9 Å². The molecule has 10 heavy (non-hydrogen) atoms. The monoisotopic (exact) mass is 178 g/mol. The summed E-state index contributed by atoms with van der Waals surface area (Å²) in [6.45, 7) is 1.77. The third-order valence-electron chi connectivity index (χ3n) is 1.22. The molecule has 0 bridgehead atoms. The maximum absolute atomic E-state index is 9.33. The van der Waals surface area contributed by atoms with Crippen molar-refractivity contribution in [3.05, 3.63) is 17.5 Å². The van der Waals surface area contributed by atoms with Crippen LogP contribution in [0.15, 0.2) is 21.7 Å². The molecule has 0 atom stereocenters. The largest absolute Gasteiger partial charge is 0.294 e. The second-order valence-corrected chi connectivity index (χ2v) is 5.44. The van der Waals surface area contributed by atoms with Gasteiger partial charge in [-0.3, -0.25) is 9.11 Å². The molecule has 0 unspecified atom stereocenters. The van der Waals surface area contributed by atoms with Crippen LogP contribution < -0.4 is 0 Å². The molecule has 0 aliphatic heterocycles. The predicted octanol–water partition coefficient (Wildman–Crippen LogP) is 2.88. The summed E-state index contributed by atoms with van der Waals surface area (Å²) in [4.78, 5) is 0. The number of rotatable bonds is 2. The van der Waals surface area contributed by atoms with Crippen molar-refractivity contribution in [1.29, 1.82) is 0 Å². The first-order chi connectivity index (χ1) is 4.67. The fraction of sp³-hybridized carbons (Fsp3) is 0.333. The van der Waals surface area contributed by atoms with Gasteiger partial charge >= 0.3 is 0 Å². The standard InChI is InChI=1S/C6H10O2S2/c1-2-10(7,8)6-4-3-5-9-6/h3-5,7-8H,2H2,1H3. The van der Waals surface area contributed by atoms with Gasteiger partial charge in [-0.1, -0.05) is 0 Å². The lowest BCUT2D eigenvalue weighted by atomic mass is 10.7. The molecule has 1 aromatic heterocycles. The topological polar surface area (TPSA) is 40.5 Å². The van der Waals surface area contributed by atoms with E-state index in [4.69, 9.17) is 0 Å². The van der Waals surface area contributed by atoms with E-state index in [9.17, 15) is 9.11 Å². The van der Waals surface area contributed by atoms with E-state index in [-0.39, 0.29) is 0 Å². The molecule has 2 N–H and O–H groups in total. The van der Waals surface area contributed by atoms with E-state index >= 15 is 0 Å². The third-order valence-corrected chi connectivity index (χ3v) is 4.56. The first-order valence-corrected chi connectivity index (χ1v) is 5.56. The molecule has 0 saturated heterocycles. The second-order valence-electron chi connectivity index (χ2n) is 1.89. The van der Waals surface area contributed by atoms with Gasteiger partial charge in [0.15, 0.2) is 0 Å². The Morgan fingerprint density at radius 2 is 2.30 bits per heavy atom. The van der Waals surface area contributed by atoms with Crippen LogP contribution in [0.5, 0.6) is 0 Å². The minimum atomic E-state index is -2.44. The van der Waals surface area contributed by atoms with Gasteiger partial charge in [-0.05, 0) is 24.4 Å². The molecule has 1 rings (SSSR count). The fourth-order valence-electron chi connectivity index (χ4n) is 0.592. The van der Waals surface area contributed by atoms with Gasteiger partial charge in [0.2, 0.25) is 0 Å². The molecule has 0 saturated carbocycles. The second kappa shape index (κ2) is 2.92. The van der Waals surface area contributed by atoms with E-state index in [2.05, 4.69) is 0 Å². The summed E-state index contributed by atoms with van der Waals surface area (Å²) in [5, 5.41) is 1.85. The number of hydrogen-bond acceptors (Lipinski definition) is 3. The van der Waals surface area contributed by atoms with E-state index in [1.807, 2.05) is 11.4 Å². The van der Waals surface area contributed by atoms with Gasteiger partial charge in [0, 0.05) is 5.75 Å². The lowest BCUT2D eigenvalue weighted by Gasteiger charge is -2.28. The molecular formula is C6H10O2S2. The van der Waals surface area contributed by atoms with Crippen molar-refractivity contribution in [3.63, 3.8) is 0 Å². The molecule has 0 aliphatic rings. The zero-order chi connectivity index (χ0) is 7.61. The SMILES string of the molecule is CCS(O)(O)c1cccs1. The van der Waals surface area contributed by atoms with Crippen LogP contribution in [-0.2, 0) is 0 Å². The van der Waals surface area contributed by atoms with Crippen molar-refractivity contribution in [2.24, 2.45) is 0 Å². The highest BCUT2D eigenvalue weighted by molar-refractivity contribution is 8.25. The molecule has 0 fully saturated rings. The molecule has 1 heterocycles. The van der Waals surface area contributed by atoms with Gasteiger partial charge < -0.3 is 0 Å². The van der Waals surface area contributed by atoms with Crippen LogP contribution in [0, 0.1) is 0 Å². The fourth-order valence-corrected chi connectivity index (χ4v) is 2.76. The highest BCUT2D eigenvalue weighted by atomic mass is 32.3. The van der Waals surface area contributed by atoms with Crippen LogP contribution in [0.2, 0.25) is 0 Å². The lowest BCUT2D eigenvalue weighted by Crippen LogP contribution is -1.97. The quantitative estimate of drug-likeness (QED) is 0.731. The van der Waals surface area contributed by atoms with Crippen LogP contribution in [0.25, 0.3) is 0 Å². The van der Waals surface area contributed by atoms with E-state index < -0.39 is 10.6 Å². The summed E-state index contributed by atoms with van der Waals surface area (Å²) in [6, 6.07) is 3.58. The van der Waals surface area contributed by atoms with Crippen molar-refractivity contribution in [2.45, 2.75) is 11.1 Å². The Hall–Kier alpha value is -0.0300. The van der Waals surface area contributed by atoms with E-state index in [1.54, 1.807) is 13.0 Å². The van der Waals surface area contributed by atoms with Crippen molar-refractivity contribution >= 4 is 21.9 Å². The van der Waals surface area contributed by atoms with Gasteiger partial charge in [0.05, 0.1) is 0 Å². The van der Waals surface area contributed by atoms with Crippen LogP contribution >= 0.6 is 21.9 Å².